The maximum absolute atomic E-state index is 2.76. The number of anilines is 4. The van der Waals surface area contributed by atoms with Gasteiger partial charge in [-0.15, -0.1) is 0 Å². The fourth-order valence-electron chi connectivity index (χ4n) is 17.5. The highest BCUT2D eigenvalue weighted by atomic mass is 15.2. The van der Waals surface area contributed by atoms with Crippen molar-refractivity contribution < 1.29 is 0 Å². The van der Waals surface area contributed by atoms with Gasteiger partial charge in [-0.3, -0.25) is 0 Å². The summed E-state index contributed by atoms with van der Waals surface area (Å²) >= 11 is 0. The lowest BCUT2D eigenvalue weighted by Gasteiger charge is -2.45. The molecule has 2 aliphatic heterocycles. The van der Waals surface area contributed by atoms with Gasteiger partial charge in [-0.2, -0.15) is 0 Å². The Labute approximate surface area is 579 Å². The molecular formula is C95H72BN3. The van der Waals surface area contributed by atoms with Crippen molar-refractivity contribution in [3.63, 3.8) is 0 Å². The molecule has 0 saturated heterocycles. The molecular weight excluding hydrogens is 1190 g/mol. The van der Waals surface area contributed by atoms with Gasteiger partial charge in [-0.25, -0.2) is 0 Å². The molecule has 470 valence electrons. The molecule has 19 rings (SSSR count). The summed E-state index contributed by atoms with van der Waals surface area (Å²) in [5.74, 6) is 0. The third-order valence-electron chi connectivity index (χ3n) is 21.6. The molecule has 1 aromatic heterocycles. The number of benzene rings is 16. The minimum absolute atomic E-state index is 0.000552. The Morgan fingerprint density at radius 1 is 0.303 bits per heavy atom. The predicted molar refractivity (Wildman–Crippen MR) is 424 cm³/mol. The van der Waals surface area contributed by atoms with Crippen molar-refractivity contribution in [2.45, 2.75) is 40.0 Å². The maximum atomic E-state index is 2.76. The van der Waals surface area contributed by atoms with E-state index in [-0.39, 0.29) is 12.1 Å². The first-order valence-electron chi connectivity index (χ1n) is 35.3. The number of aromatic nitrogens is 1. The van der Waals surface area contributed by atoms with E-state index >= 15 is 0 Å². The molecule has 0 aliphatic carbocycles. The highest BCUT2D eigenvalue weighted by molar-refractivity contribution is 7.00. The van der Waals surface area contributed by atoms with Gasteiger partial charge in [0.2, 0.25) is 0 Å². The largest absolute Gasteiger partial charge is 0.342 e. The Morgan fingerprint density at radius 3 is 1.27 bits per heavy atom. The van der Waals surface area contributed by atoms with Gasteiger partial charge in [0.05, 0.1) is 11.0 Å². The van der Waals surface area contributed by atoms with Crippen molar-refractivity contribution in [2.24, 2.45) is 5.41 Å². The highest BCUT2D eigenvalue weighted by Gasteiger charge is 2.44. The molecule has 0 bridgehead atoms. The van der Waals surface area contributed by atoms with Crippen LogP contribution in [0.1, 0.15) is 37.5 Å². The Kier molecular flexibility index (Phi) is 13.9. The monoisotopic (exact) mass is 1270 g/mol. The molecule has 0 saturated carbocycles. The smallest absolute Gasteiger partial charge is 0.252 e. The Morgan fingerprint density at radius 2 is 0.747 bits per heavy atom. The lowest BCUT2D eigenvalue weighted by molar-refractivity contribution is 0.411. The van der Waals surface area contributed by atoms with E-state index in [1.54, 1.807) is 0 Å². The zero-order valence-electron chi connectivity index (χ0n) is 56.1. The second-order valence-electron chi connectivity index (χ2n) is 28.6. The van der Waals surface area contributed by atoms with Crippen molar-refractivity contribution in [1.29, 1.82) is 0 Å². The standard InChI is InChI=1S/C95H72BN3/c1-95(2,3)61-62-57-90-94-91(58-62)98(56-54-76-72(65-29-12-6-13-30-65)39-23-40-73(76)66-31-14-7-15-32-66)89-60-69(99-86-45-18-16-35-77(86)78-36-17-19-46-87(78)99)48-51-84(89)96(94)85-59-68(74-49-50-83-81-42-21-34-67-33-20-41-80(92(67)81)82-44-24-43-79(74)93(82)83)47-52-88(85)97(90)55-53-75-70(63-25-8-4-9-26-63)37-22-38-71(75)64-27-10-5-11-28-64/h4-52,57-60H,53-56,61H2,1-3H3. The van der Waals surface area contributed by atoms with Gasteiger partial charge >= 0.3 is 0 Å². The zero-order chi connectivity index (χ0) is 65.9. The van der Waals surface area contributed by atoms with Crippen LogP contribution in [-0.2, 0) is 19.3 Å². The van der Waals surface area contributed by atoms with Crippen LogP contribution in [0.25, 0.3) is 126 Å². The SMILES string of the molecule is CC(C)(C)Cc1cc2c3c(c1)N(CCc1c(-c4ccccc4)cccc1-c1ccccc1)c1cc(-n4c5ccccc5c5ccccc54)ccc1B3c1cc(-c3ccc4c5cccc6cccc(c7cccc3c74)c65)ccc1N2CCc1c(-c2ccccc2)cccc1-c1ccccc1. The number of hydrogen-bond donors (Lipinski definition) is 0. The molecule has 16 aromatic carbocycles. The number of hydrogen-bond acceptors (Lipinski definition) is 2. The van der Waals surface area contributed by atoms with Crippen LogP contribution in [0.4, 0.5) is 22.7 Å². The Bertz CT molecular complexity index is 5790. The average molecular weight is 1270 g/mol. The summed E-state index contributed by atoms with van der Waals surface area (Å²) in [6.07, 6.45) is 2.52. The maximum Gasteiger partial charge on any atom is 0.252 e. The molecule has 0 atom stereocenters. The normalized spacial score (nSPS) is 12.7. The lowest BCUT2D eigenvalue weighted by Crippen LogP contribution is -2.62. The lowest BCUT2D eigenvalue weighted by atomic mass is 9.33. The number of fused-ring (bicyclic) bond motifs is 9. The molecule has 0 fully saturated rings. The summed E-state index contributed by atoms with van der Waals surface area (Å²) in [5.41, 5.74) is 29.2. The van der Waals surface area contributed by atoms with Crippen LogP contribution in [0.2, 0.25) is 0 Å². The third-order valence-corrected chi connectivity index (χ3v) is 21.6. The first kappa shape index (κ1) is 58.6. The molecule has 17 aromatic rings. The van der Waals surface area contributed by atoms with E-state index in [0.717, 1.165) is 38.0 Å². The molecule has 3 nitrogen and oxygen atoms in total. The second kappa shape index (κ2) is 23.5. The summed E-state index contributed by atoms with van der Waals surface area (Å²) in [5, 5.41) is 13.0. The van der Waals surface area contributed by atoms with Crippen molar-refractivity contribution in [1.82, 2.24) is 4.57 Å². The third kappa shape index (κ3) is 9.79. The van der Waals surface area contributed by atoms with Crippen LogP contribution < -0.4 is 26.2 Å². The number of rotatable bonds is 13. The van der Waals surface area contributed by atoms with Gasteiger partial charge in [0, 0.05) is 52.3 Å². The summed E-state index contributed by atoms with van der Waals surface area (Å²) in [7, 11) is 0. The van der Waals surface area contributed by atoms with Crippen LogP contribution in [0, 0.1) is 5.41 Å². The van der Waals surface area contributed by atoms with E-state index in [1.165, 1.54) is 176 Å². The molecule has 0 unspecified atom stereocenters. The highest BCUT2D eigenvalue weighted by Crippen LogP contribution is 2.47. The molecule has 2 aliphatic rings. The van der Waals surface area contributed by atoms with E-state index < -0.39 is 0 Å². The van der Waals surface area contributed by atoms with Crippen LogP contribution >= 0.6 is 0 Å². The number of para-hydroxylation sites is 2. The molecule has 0 N–H and O–H groups in total. The van der Waals surface area contributed by atoms with Crippen molar-refractivity contribution in [3.05, 3.63) is 338 Å². The fourth-order valence-corrected chi connectivity index (χ4v) is 17.5. The van der Waals surface area contributed by atoms with E-state index in [0.29, 0.717) is 0 Å². The number of nitrogens with zero attached hydrogens (tertiary/aromatic N) is 3. The van der Waals surface area contributed by atoms with Gasteiger partial charge < -0.3 is 14.4 Å². The minimum Gasteiger partial charge on any atom is -0.342 e. The molecule has 0 spiro atoms. The van der Waals surface area contributed by atoms with Crippen molar-refractivity contribution >= 4 is 111 Å². The molecule has 0 amide bonds. The topological polar surface area (TPSA) is 11.4 Å². The predicted octanol–water partition coefficient (Wildman–Crippen LogP) is 22.7. The van der Waals surface area contributed by atoms with Gasteiger partial charge in [0.15, 0.2) is 0 Å². The van der Waals surface area contributed by atoms with Gasteiger partial charge in [0.1, 0.15) is 0 Å². The van der Waals surface area contributed by atoms with Crippen LogP contribution in [0.3, 0.4) is 0 Å². The van der Waals surface area contributed by atoms with Gasteiger partial charge in [-0.1, -0.05) is 300 Å². The molecule has 0 radical (unpaired) electrons. The van der Waals surface area contributed by atoms with Crippen LogP contribution in [0.15, 0.2) is 322 Å². The van der Waals surface area contributed by atoms with E-state index in [2.05, 4.69) is 357 Å². The van der Waals surface area contributed by atoms with Crippen molar-refractivity contribution in [3.8, 4) is 61.3 Å². The summed E-state index contributed by atoms with van der Waals surface area (Å²) in [4.78, 5) is 5.51. The quantitative estimate of drug-likeness (QED) is 0.0648. The fraction of sp³-hybridized carbons (Fsp3) is 0.0947. The molecule has 3 heterocycles. The average Bonchev–Trinajstić information content (AvgIpc) is 1.37. The second-order valence-corrected chi connectivity index (χ2v) is 28.6. The van der Waals surface area contributed by atoms with E-state index in [4.69, 9.17) is 0 Å². The van der Waals surface area contributed by atoms with E-state index in [1.807, 2.05) is 0 Å². The van der Waals surface area contributed by atoms with Gasteiger partial charge in [-0.05, 0) is 199 Å². The first-order valence-corrected chi connectivity index (χ1v) is 35.3. The van der Waals surface area contributed by atoms with Crippen LogP contribution in [-0.4, -0.2) is 24.4 Å². The van der Waals surface area contributed by atoms with Crippen molar-refractivity contribution in [2.75, 3.05) is 22.9 Å². The van der Waals surface area contributed by atoms with Crippen LogP contribution in [0.5, 0.6) is 0 Å². The minimum atomic E-state index is -0.110. The summed E-state index contributed by atoms with van der Waals surface area (Å²) in [6, 6.07) is 122. The molecule has 4 heteroatoms. The Balaban J connectivity index is 0.871. The molecule has 99 heavy (non-hydrogen) atoms. The van der Waals surface area contributed by atoms with E-state index in [9.17, 15) is 0 Å². The zero-order valence-corrected chi connectivity index (χ0v) is 56.1. The summed E-state index contributed by atoms with van der Waals surface area (Å²) < 4.78 is 2.51. The Hall–Kier alpha value is -11.7. The first-order chi connectivity index (χ1) is 48.8. The van der Waals surface area contributed by atoms with Gasteiger partial charge in [0.25, 0.3) is 6.71 Å². The summed E-state index contributed by atoms with van der Waals surface area (Å²) in [6.45, 7) is 8.59.